The molecule has 1 atom stereocenters. The van der Waals surface area contributed by atoms with E-state index in [2.05, 4.69) is 11.1 Å². The van der Waals surface area contributed by atoms with Crippen molar-refractivity contribution in [2.24, 2.45) is 0 Å². The first-order valence-electron chi connectivity index (χ1n) is 2.46. The number of hydrogen-bond donors (Lipinski definition) is 0. The molecule has 0 N–H and O–H groups in total. The zero-order valence-electron chi connectivity index (χ0n) is 5.00. The van der Waals surface area contributed by atoms with Crippen LogP contribution in [0.2, 0.25) is 0 Å². The maximum absolute atomic E-state index is 10.7. The lowest BCUT2D eigenvalue weighted by molar-refractivity contribution is 0.597. The third kappa shape index (κ3) is 1.69. The summed E-state index contributed by atoms with van der Waals surface area (Å²) in [5.74, 6) is 0. The van der Waals surface area contributed by atoms with Crippen LogP contribution in [0, 0.1) is 6.07 Å². The first kappa shape index (κ1) is 6.58. The predicted molar refractivity (Wildman–Crippen MR) is 35.4 cm³/mol. The van der Waals surface area contributed by atoms with Crippen molar-refractivity contribution in [1.82, 2.24) is 4.98 Å². The number of nitrogens with zero attached hydrogens (tertiary/aromatic N) is 1. The Balaban J connectivity index is 2.85. The Kier molecular flexibility index (Phi) is 2.08. The normalized spacial score (nSPS) is 13.1. The van der Waals surface area contributed by atoms with Crippen LogP contribution in [0.5, 0.6) is 0 Å². The van der Waals surface area contributed by atoms with Crippen molar-refractivity contribution in [3.63, 3.8) is 0 Å². The molecule has 0 saturated heterocycles. The van der Waals surface area contributed by atoms with Crippen LogP contribution in [0.15, 0.2) is 23.4 Å². The Labute approximate surface area is 57.1 Å². The molecule has 0 aromatic carbocycles. The Morgan fingerprint density at radius 1 is 1.78 bits per heavy atom. The lowest BCUT2D eigenvalue weighted by Gasteiger charge is -1.99. The summed E-state index contributed by atoms with van der Waals surface area (Å²) < 4.78 is 10.7. The fraction of sp³-hybridized carbons (Fsp3) is 0.167. The van der Waals surface area contributed by atoms with Gasteiger partial charge in [-0.15, -0.1) is 0 Å². The molecule has 1 heterocycles. The van der Waals surface area contributed by atoms with E-state index in [1.165, 1.54) is 0 Å². The number of aromatic nitrogens is 1. The van der Waals surface area contributed by atoms with E-state index in [-0.39, 0.29) is 0 Å². The van der Waals surface area contributed by atoms with Gasteiger partial charge in [-0.3, -0.25) is 0 Å². The molecular formula is C6H6NOS. The summed E-state index contributed by atoms with van der Waals surface area (Å²) >= 11 is -0.971. The van der Waals surface area contributed by atoms with Gasteiger partial charge in [0.2, 0.25) is 5.03 Å². The molecule has 1 radical (unpaired) electrons. The summed E-state index contributed by atoms with van der Waals surface area (Å²) in [6.07, 6.45) is 3.17. The number of rotatable bonds is 1. The van der Waals surface area contributed by atoms with Gasteiger partial charge in [0.25, 0.3) is 0 Å². The molecule has 9 heavy (non-hydrogen) atoms. The van der Waals surface area contributed by atoms with Crippen molar-refractivity contribution in [2.75, 3.05) is 6.26 Å². The highest BCUT2D eigenvalue weighted by atomic mass is 32.2. The van der Waals surface area contributed by atoms with Gasteiger partial charge in [-0.2, -0.15) is 0 Å². The minimum Gasteiger partial charge on any atom is -0.610 e. The molecule has 2 nitrogen and oxygen atoms in total. The Morgan fingerprint density at radius 3 is 2.89 bits per heavy atom. The van der Waals surface area contributed by atoms with Crippen LogP contribution in [0.25, 0.3) is 0 Å². The van der Waals surface area contributed by atoms with Gasteiger partial charge in [0, 0.05) is 23.4 Å². The number of hydrogen-bond acceptors (Lipinski definition) is 2. The monoisotopic (exact) mass is 140 g/mol. The third-order valence-corrected chi connectivity index (χ3v) is 1.69. The first-order valence-corrected chi connectivity index (χ1v) is 4.02. The summed E-state index contributed by atoms with van der Waals surface area (Å²) in [5.41, 5.74) is 0. The molecule has 0 aliphatic carbocycles. The summed E-state index contributed by atoms with van der Waals surface area (Å²) in [7, 11) is 0. The molecule has 0 bridgehead atoms. The molecule has 0 aliphatic rings. The van der Waals surface area contributed by atoms with E-state index in [1.54, 1.807) is 24.6 Å². The molecule has 0 aliphatic heterocycles. The van der Waals surface area contributed by atoms with Gasteiger partial charge in [-0.1, -0.05) is 0 Å². The first-order chi connectivity index (χ1) is 4.30. The molecule has 1 rings (SSSR count). The van der Waals surface area contributed by atoms with E-state index in [9.17, 15) is 4.55 Å². The summed E-state index contributed by atoms with van der Waals surface area (Å²) in [4.78, 5) is 3.85. The number of pyridine rings is 1. The van der Waals surface area contributed by atoms with Gasteiger partial charge in [0.15, 0.2) is 0 Å². The average Bonchev–Trinajstić information content (AvgIpc) is 1.90. The van der Waals surface area contributed by atoms with Crippen LogP contribution in [-0.2, 0) is 11.2 Å². The standard InChI is InChI=1S/C6H6NOS/c1-9(8)6-4-2-3-5-7-6/h3-5H,1H3. The summed E-state index contributed by atoms with van der Waals surface area (Å²) in [6.45, 7) is 0. The van der Waals surface area contributed by atoms with Crippen molar-refractivity contribution in [3.05, 3.63) is 24.4 Å². The SMILES string of the molecule is C[S+]([O-])c1c[c]ccn1. The van der Waals surface area contributed by atoms with Crippen LogP contribution >= 0.6 is 0 Å². The summed E-state index contributed by atoms with van der Waals surface area (Å²) in [5, 5.41) is 0.581. The third-order valence-electron chi connectivity index (χ3n) is 0.874. The highest BCUT2D eigenvalue weighted by Crippen LogP contribution is 2.00. The van der Waals surface area contributed by atoms with Crippen molar-refractivity contribution in [1.29, 1.82) is 0 Å². The maximum Gasteiger partial charge on any atom is 0.244 e. The fourth-order valence-corrected chi connectivity index (χ4v) is 0.911. The Hall–Kier alpha value is -0.540. The van der Waals surface area contributed by atoms with E-state index >= 15 is 0 Å². The van der Waals surface area contributed by atoms with Crippen LogP contribution in [-0.4, -0.2) is 15.8 Å². The van der Waals surface area contributed by atoms with Gasteiger partial charge < -0.3 is 4.55 Å². The Morgan fingerprint density at radius 2 is 2.56 bits per heavy atom. The second-order valence-electron chi connectivity index (χ2n) is 1.55. The quantitative estimate of drug-likeness (QED) is 0.536. The largest absolute Gasteiger partial charge is 0.610 e. The van der Waals surface area contributed by atoms with Gasteiger partial charge in [0.1, 0.15) is 6.26 Å². The van der Waals surface area contributed by atoms with Crippen molar-refractivity contribution < 1.29 is 4.55 Å². The molecule has 1 unspecified atom stereocenters. The lowest BCUT2D eigenvalue weighted by atomic mass is 10.5. The second-order valence-corrected chi connectivity index (χ2v) is 2.87. The highest BCUT2D eigenvalue weighted by Gasteiger charge is 2.01. The second kappa shape index (κ2) is 2.85. The molecule has 3 heteroatoms. The van der Waals surface area contributed by atoms with Crippen molar-refractivity contribution in [3.8, 4) is 0 Å². The van der Waals surface area contributed by atoms with E-state index in [1.807, 2.05) is 0 Å². The highest BCUT2D eigenvalue weighted by molar-refractivity contribution is 7.90. The zero-order chi connectivity index (χ0) is 6.69. The van der Waals surface area contributed by atoms with Gasteiger partial charge in [0.05, 0.1) is 0 Å². The van der Waals surface area contributed by atoms with Gasteiger partial charge in [-0.05, 0) is 12.1 Å². The molecule has 1 aromatic rings. The summed E-state index contributed by atoms with van der Waals surface area (Å²) in [6, 6.07) is 6.08. The topological polar surface area (TPSA) is 36.0 Å². The minimum absolute atomic E-state index is 0.581. The van der Waals surface area contributed by atoms with Crippen LogP contribution in [0.1, 0.15) is 0 Å². The van der Waals surface area contributed by atoms with E-state index in [4.69, 9.17) is 0 Å². The molecule has 0 amide bonds. The predicted octanol–water partition coefficient (Wildman–Crippen LogP) is 0.619. The molecule has 0 spiro atoms. The molecule has 47 valence electrons. The van der Waals surface area contributed by atoms with Crippen LogP contribution < -0.4 is 0 Å². The van der Waals surface area contributed by atoms with Crippen molar-refractivity contribution >= 4 is 11.2 Å². The zero-order valence-corrected chi connectivity index (χ0v) is 5.81. The molecule has 0 fully saturated rings. The van der Waals surface area contributed by atoms with Gasteiger partial charge >= 0.3 is 0 Å². The van der Waals surface area contributed by atoms with E-state index in [0.29, 0.717) is 5.03 Å². The average molecular weight is 140 g/mol. The van der Waals surface area contributed by atoms with Crippen molar-refractivity contribution in [2.45, 2.75) is 5.03 Å². The fourth-order valence-electron chi connectivity index (χ4n) is 0.468. The molecule has 0 saturated carbocycles. The Bertz CT molecular complexity index is 176. The molecule has 1 aromatic heterocycles. The van der Waals surface area contributed by atoms with Crippen LogP contribution in [0.4, 0.5) is 0 Å². The van der Waals surface area contributed by atoms with E-state index in [0.717, 1.165) is 0 Å². The van der Waals surface area contributed by atoms with Crippen LogP contribution in [0.3, 0.4) is 0 Å². The smallest absolute Gasteiger partial charge is 0.244 e. The maximum atomic E-state index is 10.7. The minimum atomic E-state index is -0.971. The van der Waals surface area contributed by atoms with Gasteiger partial charge in [-0.25, -0.2) is 4.98 Å². The molecular weight excluding hydrogens is 134 g/mol. The van der Waals surface area contributed by atoms with E-state index < -0.39 is 11.2 Å². The lowest BCUT2D eigenvalue weighted by Crippen LogP contribution is -1.98.